The summed E-state index contributed by atoms with van der Waals surface area (Å²) in [6, 6.07) is 0.880. The Kier molecular flexibility index (Phi) is 4.79. The third-order valence-electron chi connectivity index (χ3n) is 3.35. The molecule has 1 heterocycles. The standard InChI is InChI=1S/C12H25N/c1-4-5-8-12-9-6-7-11(2)10-13(12)3/h11-12H,4-10H2,1-3H3. The fourth-order valence-electron chi connectivity index (χ4n) is 2.46. The molecule has 0 radical (unpaired) electrons. The molecule has 1 aliphatic rings. The molecular formula is C12H25N. The Morgan fingerprint density at radius 2 is 2.08 bits per heavy atom. The highest BCUT2D eigenvalue weighted by Crippen LogP contribution is 2.22. The maximum absolute atomic E-state index is 2.59. The molecule has 0 saturated carbocycles. The maximum Gasteiger partial charge on any atom is 0.00923 e. The highest BCUT2D eigenvalue weighted by Gasteiger charge is 2.19. The Bertz CT molecular complexity index is 131. The Morgan fingerprint density at radius 1 is 1.31 bits per heavy atom. The van der Waals surface area contributed by atoms with Crippen molar-refractivity contribution in [1.29, 1.82) is 0 Å². The lowest BCUT2D eigenvalue weighted by Crippen LogP contribution is -2.32. The summed E-state index contributed by atoms with van der Waals surface area (Å²) >= 11 is 0. The molecule has 0 spiro atoms. The first kappa shape index (κ1) is 11.0. The zero-order chi connectivity index (χ0) is 9.68. The van der Waals surface area contributed by atoms with E-state index in [1.165, 1.54) is 45.1 Å². The van der Waals surface area contributed by atoms with E-state index in [1.807, 2.05) is 0 Å². The van der Waals surface area contributed by atoms with Crippen LogP contribution in [0.5, 0.6) is 0 Å². The normalized spacial score (nSPS) is 31.6. The minimum Gasteiger partial charge on any atom is -0.303 e. The van der Waals surface area contributed by atoms with Crippen molar-refractivity contribution in [2.45, 2.75) is 58.4 Å². The number of hydrogen-bond acceptors (Lipinski definition) is 1. The van der Waals surface area contributed by atoms with Gasteiger partial charge < -0.3 is 4.90 Å². The Hall–Kier alpha value is -0.0400. The third kappa shape index (κ3) is 3.68. The van der Waals surface area contributed by atoms with E-state index in [1.54, 1.807) is 0 Å². The van der Waals surface area contributed by atoms with Crippen molar-refractivity contribution in [2.24, 2.45) is 5.92 Å². The Labute approximate surface area is 83.5 Å². The van der Waals surface area contributed by atoms with Crippen LogP contribution in [-0.2, 0) is 0 Å². The number of likely N-dealkylation sites (tertiary alicyclic amines) is 1. The van der Waals surface area contributed by atoms with Gasteiger partial charge in [0.1, 0.15) is 0 Å². The fraction of sp³-hybridized carbons (Fsp3) is 1.00. The van der Waals surface area contributed by atoms with Crippen molar-refractivity contribution in [1.82, 2.24) is 4.90 Å². The summed E-state index contributed by atoms with van der Waals surface area (Å²) in [6.07, 6.45) is 8.48. The maximum atomic E-state index is 2.59. The molecule has 0 amide bonds. The van der Waals surface area contributed by atoms with E-state index < -0.39 is 0 Å². The quantitative estimate of drug-likeness (QED) is 0.649. The molecule has 1 heteroatoms. The largest absolute Gasteiger partial charge is 0.303 e. The van der Waals surface area contributed by atoms with Crippen molar-refractivity contribution in [3.63, 3.8) is 0 Å². The van der Waals surface area contributed by atoms with Crippen LogP contribution in [0.2, 0.25) is 0 Å². The lowest BCUT2D eigenvalue weighted by Gasteiger charge is -2.26. The summed E-state index contributed by atoms with van der Waals surface area (Å²) in [5.74, 6) is 0.914. The Morgan fingerprint density at radius 3 is 2.77 bits per heavy atom. The minimum absolute atomic E-state index is 0.880. The van der Waals surface area contributed by atoms with Gasteiger partial charge in [0, 0.05) is 12.6 Å². The van der Waals surface area contributed by atoms with Crippen molar-refractivity contribution in [3.05, 3.63) is 0 Å². The fourth-order valence-corrected chi connectivity index (χ4v) is 2.46. The molecule has 78 valence electrons. The molecule has 1 nitrogen and oxygen atoms in total. The second kappa shape index (κ2) is 5.64. The molecular weight excluding hydrogens is 158 g/mol. The zero-order valence-electron chi connectivity index (χ0n) is 9.55. The first-order chi connectivity index (χ1) is 6.24. The minimum atomic E-state index is 0.880. The monoisotopic (exact) mass is 183 g/mol. The molecule has 0 aromatic carbocycles. The number of unbranched alkanes of at least 4 members (excludes halogenated alkanes) is 1. The van der Waals surface area contributed by atoms with Crippen LogP contribution in [0.25, 0.3) is 0 Å². The van der Waals surface area contributed by atoms with Crippen LogP contribution in [0.1, 0.15) is 52.4 Å². The average molecular weight is 183 g/mol. The smallest absolute Gasteiger partial charge is 0.00923 e. The van der Waals surface area contributed by atoms with Crippen molar-refractivity contribution in [3.8, 4) is 0 Å². The molecule has 0 N–H and O–H groups in total. The van der Waals surface area contributed by atoms with Crippen molar-refractivity contribution < 1.29 is 0 Å². The van der Waals surface area contributed by atoms with E-state index in [0.29, 0.717) is 0 Å². The highest BCUT2D eigenvalue weighted by molar-refractivity contribution is 4.75. The number of nitrogens with zero attached hydrogens (tertiary/aromatic N) is 1. The van der Waals surface area contributed by atoms with E-state index in [-0.39, 0.29) is 0 Å². The van der Waals surface area contributed by atoms with Gasteiger partial charge in [-0.1, -0.05) is 33.1 Å². The second-order valence-corrected chi connectivity index (χ2v) is 4.77. The van der Waals surface area contributed by atoms with Gasteiger partial charge in [0.2, 0.25) is 0 Å². The number of hydrogen-bond donors (Lipinski definition) is 0. The third-order valence-corrected chi connectivity index (χ3v) is 3.35. The first-order valence-electron chi connectivity index (χ1n) is 5.94. The predicted octanol–water partition coefficient (Wildman–Crippen LogP) is 3.30. The molecule has 1 aliphatic heterocycles. The van der Waals surface area contributed by atoms with Gasteiger partial charge in [0.25, 0.3) is 0 Å². The van der Waals surface area contributed by atoms with Gasteiger partial charge in [-0.25, -0.2) is 0 Å². The van der Waals surface area contributed by atoms with E-state index in [2.05, 4.69) is 25.8 Å². The Balaban J connectivity index is 2.34. The molecule has 13 heavy (non-hydrogen) atoms. The molecule has 0 aliphatic carbocycles. The summed E-state index contributed by atoms with van der Waals surface area (Å²) in [7, 11) is 2.31. The summed E-state index contributed by atoms with van der Waals surface area (Å²) in [5, 5.41) is 0. The van der Waals surface area contributed by atoms with E-state index in [9.17, 15) is 0 Å². The molecule has 0 aromatic rings. The first-order valence-corrected chi connectivity index (χ1v) is 5.94. The second-order valence-electron chi connectivity index (χ2n) is 4.77. The van der Waals surface area contributed by atoms with Gasteiger partial charge in [-0.15, -0.1) is 0 Å². The van der Waals surface area contributed by atoms with Crippen LogP contribution in [0.3, 0.4) is 0 Å². The van der Waals surface area contributed by atoms with Crippen LogP contribution in [0.4, 0.5) is 0 Å². The summed E-state index contributed by atoms with van der Waals surface area (Å²) in [4.78, 5) is 2.59. The van der Waals surface area contributed by atoms with Gasteiger partial charge in [0.05, 0.1) is 0 Å². The van der Waals surface area contributed by atoms with Crippen LogP contribution in [0, 0.1) is 5.92 Å². The van der Waals surface area contributed by atoms with Crippen molar-refractivity contribution >= 4 is 0 Å². The average Bonchev–Trinajstić information content (AvgIpc) is 2.24. The molecule has 1 rings (SSSR count). The van der Waals surface area contributed by atoms with Crippen LogP contribution in [0.15, 0.2) is 0 Å². The highest BCUT2D eigenvalue weighted by atomic mass is 15.1. The molecule has 2 unspecified atom stereocenters. The van der Waals surface area contributed by atoms with Crippen LogP contribution >= 0.6 is 0 Å². The summed E-state index contributed by atoms with van der Waals surface area (Å²) < 4.78 is 0. The lowest BCUT2D eigenvalue weighted by molar-refractivity contribution is 0.213. The summed E-state index contributed by atoms with van der Waals surface area (Å²) in [5.41, 5.74) is 0. The predicted molar refractivity (Wildman–Crippen MR) is 59.0 cm³/mol. The van der Waals surface area contributed by atoms with Gasteiger partial charge in [-0.3, -0.25) is 0 Å². The van der Waals surface area contributed by atoms with E-state index in [0.717, 1.165) is 12.0 Å². The topological polar surface area (TPSA) is 3.24 Å². The molecule has 2 atom stereocenters. The SMILES string of the molecule is CCCCC1CCCC(C)CN1C. The van der Waals surface area contributed by atoms with Gasteiger partial charge in [-0.2, -0.15) is 0 Å². The van der Waals surface area contributed by atoms with E-state index >= 15 is 0 Å². The molecule has 1 saturated heterocycles. The molecule has 1 fully saturated rings. The van der Waals surface area contributed by atoms with Gasteiger partial charge in [0.15, 0.2) is 0 Å². The van der Waals surface area contributed by atoms with Crippen molar-refractivity contribution in [2.75, 3.05) is 13.6 Å². The van der Waals surface area contributed by atoms with Gasteiger partial charge >= 0.3 is 0 Å². The lowest BCUT2D eigenvalue weighted by atomic mass is 10.0. The zero-order valence-corrected chi connectivity index (χ0v) is 9.55. The van der Waals surface area contributed by atoms with E-state index in [4.69, 9.17) is 0 Å². The number of rotatable bonds is 3. The summed E-state index contributed by atoms with van der Waals surface area (Å²) in [6.45, 7) is 5.99. The van der Waals surface area contributed by atoms with Gasteiger partial charge in [-0.05, 0) is 32.2 Å². The molecule has 0 bridgehead atoms. The van der Waals surface area contributed by atoms with Crippen LogP contribution < -0.4 is 0 Å². The molecule has 0 aromatic heterocycles. The van der Waals surface area contributed by atoms with Crippen LogP contribution in [-0.4, -0.2) is 24.5 Å².